The third kappa shape index (κ3) is 5.00. The van der Waals surface area contributed by atoms with Crippen LogP contribution in [0.5, 0.6) is 0 Å². The number of nitrogens with one attached hydrogen (secondary N) is 2. The maximum absolute atomic E-state index is 11.5. The van der Waals surface area contributed by atoms with E-state index in [0.717, 1.165) is 12.8 Å². The highest BCUT2D eigenvalue weighted by Crippen LogP contribution is 2.08. The lowest BCUT2D eigenvalue weighted by molar-refractivity contribution is -0.144. The minimum atomic E-state index is -0.577. The van der Waals surface area contributed by atoms with Gasteiger partial charge in [0.15, 0.2) is 0 Å². The summed E-state index contributed by atoms with van der Waals surface area (Å²) < 4.78 is 4.66. The third-order valence-corrected chi connectivity index (χ3v) is 2.49. The molecule has 0 aromatic heterocycles. The standard InChI is InChI=1S/C11H22N2O3/c1-5-7-12-11(15)13-9(8(3)6-2)10(14)16-4/h8-9H,5-7H2,1-4H3,(H2,12,13,15). The molecular formula is C11H22N2O3. The number of hydrogen-bond acceptors (Lipinski definition) is 3. The van der Waals surface area contributed by atoms with Crippen molar-refractivity contribution in [2.45, 2.75) is 39.7 Å². The van der Waals surface area contributed by atoms with Gasteiger partial charge in [0.1, 0.15) is 6.04 Å². The quantitative estimate of drug-likeness (QED) is 0.675. The van der Waals surface area contributed by atoms with Crippen molar-refractivity contribution in [2.75, 3.05) is 13.7 Å². The topological polar surface area (TPSA) is 67.4 Å². The number of ether oxygens (including phenoxy) is 1. The van der Waals surface area contributed by atoms with Crippen LogP contribution in [-0.2, 0) is 9.53 Å². The molecule has 16 heavy (non-hydrogen) atoms. The molecular weight excluding hydrogens is 208 g/mol. The van der Waals surface area contributed by atoms with Crippen LogP contribution in [0.1, 0.15) is 33.6 Å². The van der Waals surface area contributed by atoms with E-state index in [1.807, 2.05) is 20.8 Å². The molecule has 0 heterocycles. The summed E-state index contributed by atoms with van der Waals surface area (Å²) in [6, 6.07) is -0.899. The van der Waals surface area contributed by atoms with Crippen LogP contribution in [0.15, 0.2) is 0 Å². The van der Waals surface area contributed by atoms with Gasteiger partial charge in [-0.05, 0) is 12.3 Å². The van der Waals surface area contributed by atoms with Crippen molar-refractivity contribution >= 4 is 12.0 Å². The summed E-state index contributed by atoms with van der Waals surface area (Å²) in [4.78, 5) is 22.9. The first-order chi connectivity index (χ1) is 7.56. The number of urea groups is 1. The second-order valence-electron chi connectivity index (χ2n) is 3.79. The van der Waals surface area contributed by atoms with Gasteiger partial charge in [-0.25, -0.2) is 9.59 Å². The molecule has 0 spiro atoms. The maximum atomic E-state index is 11.5. The van der Waals surface area contributed by atoms with Crippen molar-refractivity contribution < 1.29 is 14.3 Å². The fraction of sp³-hybridized carbons (Fsp3) is 0.818. The Kier molecular flexibility index (Phi) is 7.33. The largest absolute Gasteiger partial charge is 0.467 e. The Morgan fingerprint density at radius 3 is 2.38 bits per heavy atom. The van der Waals surface area contributed by atoms with Gasteiger partial charge in [0.2, 0.25) is 0 Å². The SMILES string of the molecule is CCCNC(=O)NC(C(=O)OC)C(C)CC. The number of rotatable bonds is 6. The first-order valence-electron chi connectivity index (χ1n) is 5.68. The van der Waals surface area contributed by atoms with Gasteiger partial charge in [0.25, 0.3) is 0 Å². The summed E-state index contributed by atoms with van der Waals surface area (Å²) in [6.07, 6.45) is 1.66. The molecule has 0 aliphatic heterocycles. The molecule has 2 N–H and O–H groups in total. The Morgan fingerprint density at radius 1 is 1.31 bits per heavy atom. The van der Waals surface area contributed by atoms with Gasteiger partial charge >= 0.3 is 12.0 Å². The summed E-state index contributed by atoms with van der Waals surface area (Å²) in [5.41, 5.74) is 0. The van der Waals surface area contributed by atoms with Gasteiger partial charge in [-0.2, -0.15) is 0 Å². The highest BCUT2D eigenvalue weighted by atomic mass is 16.5. The molecule has 2 amide bonds. The Morgan fingerprint density at radius 2 is 1.94 bits per heavy atom. The van der Waals surface area contributed by atoms with Crippen LogP contribution in [0, 0.1) is 5.92 Å². The van der Waals surface area contributed by atoms with Crippen LogP contribution >= 0.6 is 0 Å². The van der Waals surface area contributed by atoms with Crippen molar-refractivity contribution in [3.05, 3.63) is 0 Å². The summed E-state index contributed by atoms with van der Waals surface area (Å²) in [5.74, 6) is -0.346. The predicted molar refractivity (Wildman–Crippen MR) is 62.1 cm³/mol. The molecule has 0 aromatic carbocycles. The lowest BCUT2D eigenvalue weighted by Crippen LogP contribution is -2.49. The highest BCUT2D eigenvalue weighted by molar-refractivity contribution is 5.83. The van der Waals surface area contributed by atoms with E-state index >= 15 is 0 Å². The summed E-state index contributed by atoms with van der Waals surface area (Å²) in [5, 5.41) is 5.29. The van der Waals surface area contributed by atoms with E-state index in [9.17, 15) is 9.59 Å². The molecule has 5 heteroatoms. The van der Waals surface area contributed by atoms with E-state index in [4.69, 9.17) is 0 Å². The molecule has 0 aliphatic carbocycles. The normalized spacial score (nSPS) is 13.8. The summed E-state index contributed by atoms with van der Waals surface area (Å²) >= 11 is 0. The minimum absolute atomic E-state index is 0.0554. The fourth-order valence-corrected chi connectivity index (χ4v) is 1.23. The molecule has 5 nitrogen and oxygen atoms in total. The van der Waals surface area contributed by atoms with Crippen LogP contribution in [0.25, 0.3) is 0 Å². The van der Waals surface area contributed by atoms with E-state index in [0.29, 0.717) is 6.54 Å². The van der Waals surface area contributed by atoms with Crippen LogP contribution in [0.4, 0.5) is 4.79 Å². The van der Waals surface area contributed by atoms with E-state index in [2.05, 4.69) is 15.4 Å². The number of methoxy groups -OCH3 is 1. The van der Waals surface area contributed by atoms with Gasteiger partial charge in [0.05, 0.1) is 7.11 Å². The second kappa shape index (κ2) is 7.96. The zero-order valence-electron chi connectivity index (χ0n) is 10.5. The van der Waals surface area contributed by atoms with Gasteiger partial charge in [-0.1, -0.05) is 27.2 Å². The van der Waals surface area contributed by atoms with Crippen molar-refractivity contribution in [1.29, 1.82) is 0 Å². The van der Waals surface area contributed by atoms with E-state index in [1.54, 1.807) is 0 Å². The lowest BCUT2D eigenvalue weighted by atomic mass is 9.99. The van der Waals surface area contributed by atoms with Crippen molar-refractivity contribution in [3.8, 4) is 0 Å². The number of esters is 1. The second-order valence-corrected chi connectivity index (χ2v) is 3.79. The summed E-state index contributed by atoms with van der Waals surface area (Å²) in [7, 11) is 1.32. The smallest absolute Gasteiger partial charge is 0.328 e. The van der Waals surface area contributed by atoms with Crippen LogP contribution in [0.3, 0.4) is 0 Å². The van der Waals surface area contributed by atoms with Gasteiger partial charge in [-0.15, -0.1) is 0 Å². The average Bonchev–Trinajstić information content (AvgIpc) is 2.31. The lowest BCUT2D eigenvalue weighted by Gasteiger charge is -2.21. The molecule has 2 atom stereocenters. The predicted octanol–water partition coefficient (Wildman–Crippen LogP) is 1.28. The van der Waals surface area contributed by atoms with Crippen molar-refractivity contribution in [3.63, 3.8) is 0 Å². The number of carbonyl (C=O) groups excluding carboxylic acids is 2. The fourth-order valence-electron chi connectivity index (χ4n) is 1.23. The molecule has 0 aliphatic rings. The van der Waals surface area contributed by atoms with Gasteiger partial charge in [0, 0.05) is 6.54 Å². The molecule has 0 radical (unpaired) electrons. The van der Waals surface area contributed by atoms with Crippen LogP contribution in [-0.4, -0.2) is 31.7 Å². The first-order valence-corrected chi connectivity index (χ1v) is 5.68. The van der Waals surface area contributed by atoms with Crippen molar-refractivity contribution in [1.82, 2.24) is 10.6 Å². The molecule has 0 rings (SSSR count). The zero-order chi connectivity index (χ0) is 12.6. The number of amides is 2. The average molecular weight is 230 g/mol. The van der Waals surface area contributed by atoms with E-state index < -0.39 is 12.0 Å². The molecule has 0 aromatic rings. The maximum Gasteiger partial charge on any atom is 0.328 e. The van der Waals surface area contributed by atoms with E-state index in [1.165, 1.54) is 7.11 Å². The Labute approximate surface area is 96.9 Å². The van der Waals surface area contributed by atoms with Gasteiger partial charge < -0.3 is 15.4 Å². The highest BCUT2D eigenvalue weighted by Gasteiger charge is 2.26. The Bertz CT molecular complexity index is 231. The van der Waals surface area contributed by atoms with Crippen LogP contribution in [0.2, 0.25) is 0 Å². The van der Waals surface area contributed by atoms with Gasteiger partial charge in [-0.3, -0.25) is 0 Å². The molecule has 0 saturated heterocycles. The Hall–Kier alpha value is -1.26. The molecule has 94 valence electrons. The minimum Gasteiger partial charge on any atom is -0.467 e. The Balaban J connectivity index is 4.31. The molecule has 0 fully saturated rings. The van der Waals surface area contributed by atoms with E-state index in [-0.39, 0.29) is 11.9 Å². The monoisotopic (exact) mass is 230 g/mol. The van der Waals surface area contributed by atoms with Crippen LogP contribution < -0.4 is 10.6 Å². The number of carbonyl (C=O) groups is 2. The zero-order valence-corrected chi connectivity index (χ0v) is 10.5. The molecule has 0 saturated carbocycles. The molecule has 2 unspecified atom stereocenters. The summed E-state index contributed by atoms with van der Waals surface area (Å²) in [6.45, 7) is 6.43. The third-order valence-electron chi connectivity index (χ3n) is 2.49. The van der Waals surface area contributed by atoms with Crippen molar-refractivity contribution in [2.24, 2.45) is 5.92 Å². The first kappa shape index (κ1) is 14.7. The number of hydrogen-bond donors (Lipinski definition) is 2. The molecule has 0 bridgehead atoms.